The Morgan fingerprint density at radius 2 is 1.74 bits per heavy atom. The van der Waals surface area contributed by atoms with Crippen molar-refractivity contribution in [3.8, 4) is 5.75 Å². The molecule has 4 rings (SSSR count). The van der Waals surface area contributed by atoms with Crippen LogP contribution in [-0.2, 0) is 40.3 Å². The third-order valence-electron chi connectivity index (χ3n) is 11.1. The van der Waals surface area contributed by atoms with Gasteiger partial charge in [-0.05, 0) is 94.0 Å². The highest BCUT2D eigenvalue weighted by Crippen LogP contribution is 2.74. The first-order valence-electron chi connectivity index (χ1n) is 21.2. The fourth-order valence-electron chi connectivity index (χ4n) is 7.95. The van der Waals surface area contributed by atoms with Crippen LogP contribution in [0.3, 0.4) is 0 Å². The Morgan fingerprint density at radius 1 is 1.05 bits per heavy atom. The van der Waals surface area contributed by atoms with Gasteiger partial charge in [-0.25, -0.2) is 5.09 Å². The number of amides is 2. The molecule has 7 atom stereocenters. The van der Waals surface area contributed by atoms with Gasteiger partial charge in [-0.1, -0.05) is 76.4 Å². The van der Waals surface area contributed by atoms with Crippen molar-refractivity contribution in [2.75, 3.05) is 19.0 Å². The maximum Gasteiger partial charge on any atom is 0.416 e. The van der Waals surface area contributed by atoms with Crippen LogP contribution >= 0.6 is 20.3 Å². The fourth-order valence-corrected chi connectivity index (χ4v) is 10.1. The second-order valence-electron chi connectivity index (χ2n) is 17.0. The lowest BCUT2D eigenvalue weighted by Crippen LogP contribution is -2.44. The molecule has 1 saturated heterocycles. The molecule has 12 nitrogen and oxygen atoms in total. The molecule has 4 N–H and O–H groups in total. The fraction of sp³-hybridized carbons (Fsp3) is 0.600. The van der Waals surface area contributed by atoms with Gasteiger partial charge in [-0.15, -0.1) is 0 Å². The number of aliphatic hydroxyl groups excluding tert-OH is 2. The van der Waals surface area contributed by atoms with Crippen LogP contribution in [0.4, 0.5) is 13.2 Å². The van der Waals surface area contributed by atoms with E-state index in [9.17, 15) is 37.8 Å². The summed E-state index contributed by atoms with van der Waals surface area (Å²) in [6.07, 6.45) is -0.114. The lowest BCUT2D eigenvalue weighted by molar-refractivity contribution is -0.149. The summed E-state index contributed by atoms with van der Waals surface area (Å²) in [7, 11) is -1.95. The zero-order chi connectivity index (χ0) is 45.7. The Hall–Kier alpha value is -3.37. The van der Waals surface area contributed by atoms with Gasteiger partial charge in [0, 0.05) is 12.2 Å². The highest BCUT2D eigenvalue weighted by molar-refractivity contribution is 7.98. The Bertz CT molecular complexity index is 1840. The number of ether oxygens (including phenoxy) is 2. The number of hydrogen-bond donors (Lipinski definition) is 4. The average molecular weight is 910 g/mol. The third kappa shape index (κ3) is 13.3. The number of rotatable bonds is 24. The number of thioether (sulfide) groups is 1. The number of allylic oxidation sites excluding steroid dienone is 1. The molecule has 0 bridgehead atoms. The van der Waals surface area contributed by atoms with Crippen molar-refractivity contribution in [2.24, 2.45) is 21.2 Å². The number of unbranched alkanes of at least 4 members (excludes halogenated alkanes) is 2. The number of benzene rings is 2. The number of carbonyl (C=O) groups is 3. The first-order chi connectivity index (χ1) is 29.3. The number of aliphatic imine (C=N–C) groups is 1. The minimum Gasteiger partial charge on any atom is -0.462 e. The van der Waals surface area contributed by atoms with E-state index in [-0.39, 0.29) is 42.7 Å². The van der Waals surface area contributed by atoms with Gasteiger partial charge in [0.15, 0.2) is 0 Å². The second-order valence-corrected chi connectivity index (χ2v) is 19.3. The summed E-state index contributed by atoms with van der Waals surface area (Å²) >= 11 is 1.67. The van der Waals surface area contributed by atoms with Crippen LogP contribution in [0, 0.1) is 16.2 Å². The number of esters is 1. The van der Waals surface area contributed by atoms with Crippen LogP contribution in [0.25, 0.3) is 0 Å². The molecule has 2 amide bonds. The molecule has 0 aromatic heterocycles. The average Bonchev–Trinajstić information content (AvgIpc) is 3.65. The van der Waals surface area contributed by atoms with E-state index < -0.39 is 73.9 Å². The topological polar surface area (TPSA) is 165 Å². The van der Waals surface area contributed by atoms with Crippen LogP contribution < -0.4 is 14.9 Å². The molecule has 0 spiro atoms. The van der Waals surface area contributed by atoms with Crippen molar-refractivity contribution in [3.05, 3.63) is 77.9 Å². The number of nitrogens with zero attached hydrogens (tertiary/aromatic N) is 1. The minimum atomic E-state index is -4.34. The van der Waals surface area contributed by atoms with E-state index in [4.69, 9.17) is 18.5 Å². The van der Waals surface area contributed by atoms with Crippen LogP contribution in [0.5, 0.6) is 5.75 Å². The molecule has 2 aromatic carbocycles. The van der Waals surface area contributed by atoms with Crippen LogP contribution in [0.15, 0.2) is 71.7 Å². The van der Waals surface area contributed by atoms with Crippen molar-refractivity contribution in [1.82, 2.24) is 10.4 Å². The Labute approximate surface area is 369 Å². The second kappa shape index (κ2) is 23.0. The van der Waals surface area contributed by atoms with Crippen molar-refractivity contribution < 1.29 is 56.3 Å². The summed E-state index contributed by atoms with van der Waals surface area (Å²) in [6, 6.07) is 13.3. The number of nitrogens with one attached hydrogen (secondary N) is 2. The number of para-hydroxylation sites is 1. The molecule has 7 unspecified atom stereocenters. The standard InChI is InChI=1S/C45H63F3N3O9PS/c1-8-16-36(49-37(53)26-42(6,7)24-14-11-15-25-62-28-32-19-21-33(22-20-32)45(46,47)48)50-41(56)43(23-9-2)40-44(43,29-52)38(54)35(59-40)27-57-61(60-34-17-12-10-13-18-34)51-31(5)39(55)58-30(3)4/h8,10,12-13,16-22,30-31,35,38,40,51-52,54H,9,11,14-15,23-29H2,1-7H3,(H,49,50,53,56)/b16-8-. The SMILES string of the molecule is C/C=C\C(=NC(=O)C1(CCC)C2OC(COP(NC(C)C(=O)OC(C)C)Oc3ccccc3)C(O)C21CO)NC(=O)CC(C)(C)CCCCCSCc1ccc(C(F)(F)F)cc1. The zero-order valence-corrected chi connectivity index (χ0v) is 38.4. The summed E-state index contributed by atoms with van der Waals surface area (Å²) in [5, 5.41) is 28.4. The predicted octanol–water partition coefficient (Wildman–Crippen LogP) is 8.69. The molecule has 17 heteroatoms. The van der Waals surface area contributed by atoms with Gasteiger partial charge in [0.25, 0.3) is 5.91 Å². The van der Waals surface area contributed by atoms with Gasteiger partial charge in [-0.2, -0.15) is 29.9 Å². The smallest absolute Gasteiger partial charge is 0.416 e. The predicted molar refractivity (Wildman–Crippen MR) is 235 cm³/mol. The lowest BCUT2D eigenvalue weighted by Gasteiger charge is -2.30. The molecule has 0 radical (unpaired) electrons. The zero-order valence-electron chi connectivity index (χ0n) is 36.7. The van der Waals surface area contributed by atoms with Gasteiger partial charge in [0.05, 0.1) is 47.9 Å². The molecule has 62 heavy (non-hydrogen) atoms. The number of amidine groups is 1. The van der Waals surface area contributed by atoms with Crippen molar-refractivity contribution in [1.29, 1.82) is 0 Å². The summed E-state index contributed by atoms with van der Waals surface area (Å²) in [4.78, 5) is 44.5. The van der Waals surface area contributed by atoms with E-state index in [1.807, 2.05) is 26.8 Å². The summed E-state index contributed by atoms with van der Waals surface area (Å²) in [5.41, 5.74) is -2.87. The molecule has 2 aliphatic rings. The van der Waals surface area contributed by atoms with E-state index in [0.717, 1.165) is 49.1 Å². The molecule has 1 heterocycles. The normalized spacial score (nSPS) is 23.6. The third-order valence-corrected chi connectivity index (χ3v) is 13.6. The van der Waals surface area contributed by atoms with Gasteiger partial charge < -0.3 is 34.1 Å². The number of alkyl halides is 3. The first-order valence-corrected chi connectivity index (χ1v) is 23.5. The molecule has 1 saturated carbocycles. The maximum absolute atomic E-state index is 14.2. The largest absolute Gasteiger partial charge is 0.462 e. The van der Waals surface area contributed by atoms with Gasteiger partial charge in [-0.3, -0.25) is 14.4 Å². The number of carbonyl (C=O) groups excluding carboxylic acids is 3. The van der Waals surface area contributed by atoms with E-state index in [1.54, 1.807) is 69.8 Å². The summed E-state index contributed by atoms with van der Waals surface area (Å²) in [5.74, 6) is 0.611. The quantitative estimate of drug-likeness (QED) is 0.0262. The Balaban J connectivity index is 1.32. The number of hydrogen-bond acceptors (Lipinski definition) is 11. The van der Waals surface area contributed by atoms with Gasteiger partial charge >= 0.3 is 20.7 Å². The number of halogens is 3. The molecule has 344 valence electrons. The highest BCUT2D eigenvalue weighted by atomic mass is 32.2. The van der Waals surface area contributed by atoms with Crippen molar-refractivity contribution in [2.45, 2.75) is 136 Å². The van der Waals surface area contributed by atoms with E-state index in [0.29, 0.717) is 17.9 Å². The summed E-state index contributed by atoms with van der Waals surface area (Å²) in [6.45, 7) is 12.0. The van der Waals surface area contributed by atoms with E-state index in [2.05, 4.69) is 15.4 Å². The molecular weight excluding hydrogens is 847 g/mol. The minimum absolute atomic E-state index is 0.0474. The monoisotopic (exact) mass is 909 g/mol. The van der Waals surface area contributed by atoms with E-state index in [1.165, 1.54) is 18.2 Å². The molecular formula is C45H63F3N3O9PS. The Morgan fingerprint density at radius 3 is 2.34 bits per heavy atom. The Kier molecular flexibility index (Phi) is 19.0. The number of aliphatic hydroxyl groups is 2. The van der Waals surface area contributed by atoms with E-state index >= 15 is 0 Å². The van der Waals surface area contributed by atoms with Crippen molar-refractivity contribution in [3.63, 3.8) is 0 Å². The van der Waals surface area contributed by atoms with Gasteiger partial charge in [0.1, 0.15) is 23.7 Å². The van der Waals surface area contributed by atoms with Crippen molar-refractivity contribution >= 4 is 43.9 Å². The maximum atomic E-state index is 14.2. The molecule has 1 aliphatic carbocycles. The molecule has 2 fully saturated rings. The van der Waals surface area contributed by atoms with Crippen LogP contribution in [0.2, 0.25) is 0 Å². The van der Waals surface area contributed by atoms with Crippen LogP contribution in [0.1, 0.15) is 105 Å². The molecule has 1 aliphatic heterocycles. The van der Waals surface area contributed by atoms with Crippen LogP contribution in [-0.4, -0.2) is 83.3 Å². The van der Waals surface area contributed by atoms with Gasteiger partial charge in [0.2, 0.25) is 5.91 Å². The first kappa shape index (κ1) is 51.3. The number of fused-ring (bicyclic) bond motifs is 1. The summed E-state index contributed by atoms with van der Waals surface area (Å²) < 4.78 is 62.2. The highest BCUT2D eigenvalue weighted by Gasteiger charge is 2.87. The lowest BCUT2D eigenvalue weighted by atomic mass is 9.82. The molecule has 2 aromatic rings.